The van der Waals surface area contributed by atoms with Crippen LogP contribution in [0.25, 0.3) is 0 Å². The Bertz CT molecular complexity index is 1120. The molecule has 0 aliphatic carbocycles. The molecule has 3 aromatic rings. The van der Waals surface area contributed by atoms with Crippen LogP contribution in [0.2, 0.25) is 0 Å². The van der Waals surface area contributed by atoms with Gasteiger partial charge in [0.15, 0.2) is 0 Å². The third kappa shape index (κ3) is 5.76. The molecule has 32 heavy (non-hydrogen) atoms. The molecule has 0 radical (unpaired) electrons. The van der Waals surface area contributed by atoms with E-state index in [0.29, 0.717) is 47.7 Å². The number of rotatable bonds is 9. The van der Waals surface area contributed by atoms with Gasteiger partial charge in [0.25, 0.3) is 0 Å². The maximum atomic E-state index is 12.3. The minimum atomic E-state index is -0.116. The SMILES string of the molecule is Cc1ccc(/C=N\Nc2nc(SCCC(=O)Nc3cccc(N4CCCC4=O)c3)n[nH]2)o1. The quantitative estimate of drug-likeness (QED) is 0.257. The van der Waals surface area contributed by atoms with E-state index in [2.05, 4.69) is 31.0 Å². The summed E-state index contributed by atoms with van der Waals surface area (Å²) in [5.41, 5.74) is 4.23. The number of nitrogens with zero attached hydrogens (tertiary/aromatic N) is 4. The van der Waals surface area contributed by atoms with E-state index in [9.17, 15) is 9.59 Å². The Hall–Kier alpha value is -3.60. The summed E-state index contributed by atoms with van der Waals surface area (Å²) in [5.74, 6) is 2.35. The largest absolute Gasteiger partial charge is 0.460 e. The van der Waals surface area contributed by atoms with Crippen molar-refractivity contribution >= 4 is 47.1 Å². The molecular weight excluding hydrogens is 430 g/mol. The minimum absolute atomic E-state index is 0.116. The van der Waals surface area contributed by atoms with Crippen LogP contribution in [0, 0.1) is 6.92 Å². The van der Waals surface area contributed by atoms with Gasteiger partial charge in [-0.2, -0.15) is 10.1 Å². The highest BCUT2D eigenvalue weighted by atomic mass is 32.2. The van der Waals surface area contributed by atoms with Crippen LogP contribution in [0.1, 0.15) is 30.8 Å². The van der Waals surface area contributed by atoms with Gasteiger partial charge in [-0.1, -0.05) is 17.8 Å². The standard InChI is InChI=1S/C21H23N7O3S/c1-14-7-8-17(31-14)13-22-25-20-24-21(27-26-20)32-11-9-18(29)23-15-4-2-5-16(12-15)28-10-3-6-19(28)30/h2,4-5,7-8,12-13H,3,6,9-11H2,1H3,(H,23,29)(H2,24,25,26,27)/b22-13-. The molecule has 3 N–H and O–H groups in total. The van der Waals surface area contributed by atoms with Gasteiger partial charge in [0, 0.05) is 36.5 Å². The maximum Gasteiger partial charge on any atom is 0.240 e. The zero-order valence-electron chi connectivity index (χ0n) is 17.5. The summed E-state index contributed by atoms with van der Waals surface area (Å²) < 4.78 is 5.39. The first-order chi connectivity index (χ1) is 15.6. The predicted octanol–water partition coefficient (Wildman–Crippen LogP) is 3.40. The Labute approximate surface area is 188 Å². The van der Waals surface area contributed by atoms with Gasteiger partial charge < -0.3 is 14.6 Å². The number of H-pyrrole nitrogens is 1. The van der Waals surface area contributed by atoms with Gasteiger partial charge >= 0.3 is 0 Å². The van der Waals surface area contributed by atoms with E-state index >= 15 is 0 Å². The Kier molecular flexibility index (Phi) is 6.85. The van der Waals surface area contributed by atoms with E-state index in [1.807, 2.05) is 43.3 Å². The summed E-state index contributed by atoms with van der Waals surface area (Å²) in [5, 5.41) is 14.3. The molecule has 11 heteroatoms. The normalized spacial score (nSPS) is 13.8. The number of hydrogen-bond donors (Lipinski definition) is 3. The number of anilines is 3. The van der Waals surface area contributed by atoms with Crippen molar-refractivity contribution in [2.45, 2.75) is 31.3 Å². The molecule has 0 saturated carbocycles. The van der Waals surface area contributed by atoms with Crippen LogP contribution in [-0.2, 0) is 9.59 Å². The number of aryl methyl sites for hydroxylation is 1. The van der Waals surface area contributed by atoms with Gasteiger partial charge in [-0.05, 0) is 43.7 Å². The number of benzene rings is 1. The van der Waals surface area contributed by atoms with Gasteiger partial charge in [0.05, 0.1) is 6.21 Å². The highest BCUT2D eigenvalue weighted by molar-refractivity contribution is 7.99. The second kappa shape index (κ2) is 10.1. The maximum absolute atomic E-state index is 12.3. The average molecular weight is 454 g/mol. The van der Waals surface area contributed by atoms with Crippen LogP contribution in [0.3, 0.4) is 0 Å². The second-order valence-corrected chi connectivity index (χ2v) is 8.19. The van der Waals surface area contributed by atoms with Crippen molar-refractivity contribution in [3.8, 4) is 0 Å². The molecule has 1 saturated heterocycles. The second-order valence-electron chi connectivity index (χ2n) is 7.13. The number of hydrazone groups is 1. The molecule has 2 aromatic heterocycles. The topological polar surface area (TPSA) is 129 Å². The average Bonchev–Trinajstić information content (AvgIpc) is 3.50. The van der Waals surface area contributed by atoms with Gasteiger partial charge in [0.2, 0.25) is 22.9 Å². The smallest absolute Gasteiger partial charge is 0.240 e. The summed E-state index contributed by atoms with van der Waals surface area (Å²) in [6, 6.07) is 11.0. The fourth-order valence-electron chi connectivity index (χ4n) is 3.17. The number of aromatic amines is 1. The lowest BCUT2D eigenvalue weighted by Gasteiger charge is -2.16. The fourth-order valence-corrected chi connectivity index (χ4v) is 3.91. The van der Waals surface area contributed by atoms with Crippen LogP contribution in [0.5, 0.6) is 0 Å². The van der Waals surface area contributed by atoms with Crippen LogP contribution in [-0.4, -0.2) is 45.5 Å². The molecule has 1 aliphatic heterocycles. The highest BCUT2D eigenvalue weighted by Gasteiger charge is 2.21. The Balaban J connectivity index is 1.21. The van der Waals surface area contributed by atoms with Crippen molar-refractivity contribution < 1.29 is 14.0 Å². The first kappa shape index (κ1) is 21.6. The zero-order valence-corrected chi connectivity index (χ0v) is 18.3. The monoisotopic (exact) mass is 453 g/mol. The van der Waals surface area contributed by atoms with Crippen LogP contribution in [0.15, 0.2) is 51.1 Å². The molecule has 0 atom stereocenters. The summed E-state index contributed by atoms with van der Waals surface area (Å²) in [6.45, 7) is 2.58. The molecule has 10 nitrogen and oxygen atoms in total. The first-order valence-electron chi connectivity index (χ1n) is 10.2. The lowest BCUT2D eigenvalue weighted by atomic mass is 10.2. The van der Waals surface area contributed by atoms with Gasteiger partial charge in [-0.25, -0.2) is 10.5 Å². The fraction of sp³-hybridized carbons (Fsp3) is 0.286. The third-order valence-electron chi connectivity index (χ3n) is 4.66. The van der Waals surface area contributed by atoms with Gasteiger partial charge in [-0.15, -0.1) is 5.10 Å². The number of carbonyl (C=O) groups is 2. The molecule has 1 fully saturated rings. The third-order valence-corrected chi connectivity index (χ3v) is 5.51. The summed E-state index contributed by atoms with van der Waals surface area (Å²) in [6.07, 6.45) is 3.27. The molecule has 4 rings (SSSR count). The van der Waals surface area contributed by atoms with E-state index in [-0.39, 0.29) is 11.8 Å². The summed E-state index contributed by atoms with van der Waals surface area (Å²) >= 11 is 1.36. The van der Waals surface area contributed by atoms with Gasteiger partial charge in [-0.3, -0.25) is 9.59 Å². The van der Waals surface area contributed by atoms with E-state index in [1.165, 1.54) is 11.8 Å². The molecule has 166 valence electrons. The lowest BCUT2D eigenvalue weighted by molar-refractivity contribution is -0.117. The molecule has 0 unspecified atom stereocenters. The van der Waals surface area contributed by atoms with E-state index in [4.69, 9.17) is 4.42 Å². The number of hydrogen-bond acceptors (Lipinski definition) is 8. The van der Waals surface area contributed by atoms with Crippen molar-refractivity contribution in [3.63, 3.8) is 0 Å². The number of thioether (sulfide) groups is 1. The molecule has 3 heterocycles. The molecule has 0 spiro atoms. The zero-order chi connectivity index (χ0) is 22.3. The number of furan rings is 1. The Morgan fingerprint density at radius 1 is 1.38 bits per heavy atom. The van der Waals surface area contributed by atoms with Gasteiger partial charge in [0.1, 0.15) is 11.5 Å². The summed E-state index contributed by atoms with van der Waals surface area (Å²) in [4.78, 5) is 30.2. The Morgan fingerprint density at radius 2 is 2.28 bits per heavy atom. The van der Waals surface area contributed by atoms with Crippen molar-refractivity contribution in [3.05, 3.63) is 47.9 Å². The number of carbonyl (C=O) groups excluding carboxylic acids is 2. The van der Waals surface area contributed by atoms with Crippen molar-refractivity contribution in [1.82, 2.24) is 15.2 Å². The molecule has 2 amide bonds. The number of nitrogens with one attached hydrogen (secondary N) is 3. The molecule has 1 aliphatic rings. The number of aromatic nitrogens is 3. The van der Waals surface area contributed by atoms with Crippen molar-refractivity contribution in [2.24, 2.45) is 5.10 Å². The minimum Gasteiger partial charge on any atom is -0.460 e. The van der Waals surface area contributed by atoms with E-state index in [0.717, 1.165) is 17.9 Å². The van der Waals surface area contributed by atoms with Crippen LogP contribution in [0.4, 0.5) is 17.3 Å². The first-order valence-corrected chi connectivity index (χ1v) is 11.2. The van der Waals surface area contributed by atoms with E-state index in [1.54, 1.807) is 11.1 Å². The Morgan fingerprint density at radius 3 is 3.06 bits per heavy atom. The highest BCUT2D eigenvalue weighted by Crippen LogP contribution is 2.24. The molecular formula is C21H23N7O3S. The van der Waals surface area contributed by atoms with E-state index < -0.39 is 0 Å². The molecule has 1 aromatic carbocycles. The summed E-state index contributed by atoms with van der Waals surface area (Å²) in [7, 11) is 0. The van der Waals surface area contributed by atoms with Crippen LogP contribution < -0.4 is 15.6 Å². The molecule has 0 bridgehead atoms. The van der Waals surface area contributed by atoms with Crippen LogP contribution >= 0.6 is 11.8 Å². The predicted molar refractivity (Wildman–Crippen MR) is 123 cm³/mol. The van der Waals surface area contributed by atoms with Crippen molar-refractivity contribution in [2.75, 3.05) is 27.9 Å². The van der Waals surface area contributed by atoms with Crippen molar-refractivity contribution in [1.29, 1.82) is 0 Å². The number of amides is 2. The lowest BCUT2D eigenvalue weighted by Crippen LogP contribution is -2.23.